The minimum Gasteiger partial charge on any atom is -0.396 e. The normalized spacial score (nSPS) is 26.7. The maximum atomic E-state index is 10.2. The van der Waals surface area contributed by atoms with E-state index in [-0.39, 0.29) is 18.5 Å². The smallest absolute Gasteiger partial charge is 0.222 e. The molecule has 4 atom stereocenters. The number of aliphatic hydroxyl groups is 3. The highest BCUT2D eigenvalue weighted by Gasteiger charge is 2.41. The van der Waals surface area contributed by atoms with Gasteiger partial charge >= 0.3 is 0 Å². The van der Waals surface area contributed by atoms with Gasteiger partial charge < -0.3 is 26.4 Å². The molecule has 1 saturated carbocycles. The highest BCUT2D eigenvalue weighted by Crippen LogP contribution is 2.35. The molecule has 2 heterocycles. The summed E-state index contributed by atoms with van der Waals surface area (Å²) in [5.41, 5.74) is 7.19. The van der Waals surface area contributed by atoms with Crippen molar-refractivity contribution in [1.82, 2.24) is 15.0 Å². The average Bonchev–Trinajstić information content (AvgIpc) is 3.05. The zero-order valence-electron chi connectivity index (χ0n) is 13.5. The lowest BCUT2D eigenvalue weighted by Gasteiger charge is -2.20. The number of aromatic nitrogens is 3. The van der Waals surface area contributed by atoms with Gasteiger partial charge in [-0.25, -0.2) is 9.97 Å². The Morgan fingerprint density at radius 3 is 2.62 bits per heavy atom. The summed E-state index contributed by atoms with van der Waals surface area (Å²) in [7, 11) is 0. The fourth-order valence-electron chi connectivity index (χ4n) is 3.05. The van der Waals surface area contributed by atoms with Crippen LogP contribution in [0.5, 0.6) is 0 Å². The molecule has 0 aromatic carbocycles. The van der Waals surface area contributed by atoms with Gasteiger partial charge in [0.25, 0.3) is 0 Å². The van der Waals surface area contributed by atoms with E-state index in [1.165, 1.54) is 11.3 Å². The maximum absolute atomic E-state index is 10.2. The third-order valence-electron chi connectivity index (χ3n) is 4.30. The molecule has 1 aliphatic rings. The van der Waals surface area contributed by atoms with Crippen LogP contribution >= 0.6 is 11.3 Å². The molecule has 2 aromatic rings. The van der Waals surface area contributed by atoms with E-state index >= 15 is 0 Å². The second kappa shape index (κ2) is 6.60. The molecule has 6 N–H and O–H groups in total. The first-order valence-electron chi connectivity index (χ1n) is 7.71. The lowest BCUT2D eigenvalue weighted by molar-refractivity contribution is 0.00446. The highest BCUT2D eigenvalue weighted by atomic mass is 32.1. The fraction of sp³-hybridized carbons (Fsp3) is 0.533. The number of nitrogen functional groups attached to an aromatic ring is 1. The third-order valence-corrected chi connectivity index (χ3v) is 5.23. The van der Waals surface area contributed by atoms with Crippen molar-refractivity contribution in [2.45, 2.75) is 38.5 Å². The molecule has 1 fully saturated rings. The quantitative estimate of drug-likeness (QED) is 0.531. The van der Waals surface area contributed by atoms with E-state index < -0.39 is 18.2 Å². The lowest BCUT2D eigenvalue weighted by Crippen LogP contribution is -2.35. The summed E-state index contributed by atoms with van der Waals surface area (Å²) < 4.78 is 0. The van der Waals surface area contributed by atoms with Crippen LogP contribution in [0.25, 0.3) is 10.6 Å². The van der Waals surface area contributed by atoms with E-state index in [0.717, 1.165) is 15.4 Å². The fourth-order valence-corrected chi connectivity index (χ4v) is 3.91. The molecule has 0 aliphatic heterocycles. The molecule has 8 nitrogen and oxygen atoms in total. The van der Waals surface area contributed by atoms with Gasteiger partial charge in [0, 0.05) is 23.6 Å². The molecule has 0 saturated heterocycles. The summed E-state index contributed by atoms with van der Waals surface area (Å²) >= 11 is 1.52. The van der Waals surface area contributed by atoms with Gasteiger partial charge in [-0.15, -0.1) is 11.3 Å². The van der Waals surface area contributed by atoms with Gasteiger partial charge in [0.15, 0.2) is 0 Å². The van der Waals surface area contributed by atoms with Gasteiger partial charge in [-0.2, -0.15) is 4.98 Å². The molecule has 24 heavy (non-hydrogen) atoms. The monoisotopic (exact) mass is 351 g/mol. The maximum Gasteiger partial charge on any atom is 0.222 e. The van der Waals surface area contributed by atoms with Crippen LogP contribution in [0.2, 0.25) is 0 Å². The molecule has 130 valence electrons. The summed E-state index contributed by atoms with van der Waals surface area (Å²) in [4.78, 5) is 13.9. The molecule has 9 heteroatoms. The highest BCUT2D eigenvalue weighted by molar-refractivity contribution is 7.15. The van der Waals surface area contributed by atoms with Crippen molar-refractivity contribution in [1.29, 1.82) is 0 Å². The first-order valence-corrected chi connectivity index (χ1v) is 8.52. The Kier molecular flexibility index (Phi) is 4.68. The number of nitrogens with one attached hydrogen (secondary N) is 1. The number of nitrogens with two attached hydrogens (primary N) is 1. The number of rotatable bonds is 4. The van der Waals surface area contributed by atoms with Crippen molar-refractivity contribution in [3.05, 3.63) is 16.8 Å². The number of aryl methyl sites for hydroxylation is 2. The van der Waals surface area contributed by atoms with Gasteiger partial charge in [0.1, 0.15) is 16.9 Å². The number of hydrogen-bond acceptors (Lipinski definition) is 9. The number of nitrogens with zero attached hydrogens (tertiary/aromatic N) is 3. The molecule has 2 aromatic heterocycles. The van der Waals surface area contributed by atoms with Crippen LogP contribution in [0.1, 0.15) is 17.0 Å². The first kappa shape index (κ1) is 17.0. The van der Waals surface area contributed by atoms with E-state index in [4.69, 9.17) is 5.73 Å². The second-order valence-electron chi connectivity index (χ2n) is 6.08. The Labute approximate surface area is 143 Å². The van der Waals surface area contributed by atoms with E-state index in [1.807, 2.05) is 13.8 Å². The summed E-state index contributed by atoms with van der Waals surface area (Å²) in [5.74, 6) is 0.228. The Morgan fingerprint density at radius 1 is 1.29 bits per heavy atom. The average molecular weight is 351 g/mol. The van der Waals surface area contributed by atoms with E-state index in [1.54, 1.807) is 6.20 Å². The lowest BCUT2D eigenvalue weighted by atomic mass is 10.1. The van der Waals surface area contributed by atoms with E-state index in [9.17, 15) is 15.3 Å². The van der Waals surface area contributed by atoms with Gasteiger partial charge in [-0.1, -0.05) is 0 Å². The summed E-state index contributed by atoms with van der Waals surface area (Å²) in [6.45, 7) is 3.61. The predicted molar refractivity (Wildman–Crippen MR) is 91.6 cm³/mol. The molecule has 0 bridgehead atoms. The summed E-state index contributed by atoms with van der Waals surface area (Å²) in [5, 5.41) is 33.4. The second-order valence-corrected chi connectivity index (χ2v) is 7.31. The van der Waals surface area contributed by atoms with Gasteiger partial charge in [0.2, 0.25) is 5.95 Å². The Morgan fingerprint density at radius 2 is 2.04 bits per heavy atom. The van der Waals surface area contributed by atoms with Crippen molar-refractivity contribution in [3.63, 3.8) is 0 Å². The standard InChI is InChI=1S/C15H21N5O3S/c1-6-4-17-14(24-6)10-7(2)18-15(16)20-13(10)19-9-3-8(5-21)11(22)12(9)23/h4,8-9,11-12,21-23H,3,5H2,1-2H3,(H3,16,18,19,20)/t8-,9-,11-,12+/m1/s1. The van der Waals surface area contributed by atoms with Crippen molar-refractivity contribution in [2.24, 2.45) is 5.92 Å². The Hall–Kier alpha value is -1.81. The van der Waals surface area contributed by atoms with E-state index in [0.29, 0.717) is 17.9 Å². The number of aliphatic hydroxyl groups excluding tert-OH is 3. The number of hydrogen-bond donors (Lipinski definition) is 5. The molecule has 3 rings (SSSR count). The molecule has 1 aliphatic carbocycles. The zero-order chi connectivity index (χ0) is 17.4. The van der Waals surface area contributed by atoms with E-state index in [2.05, 4.69) is 20.3 Å². The van der Waals surface area contributed by atoms with Gasteiger partial charge in [0.05, 0.1) is 23.4 Å². The molecular formula is C15H21N5O3S. The van der Waals surface area contributed by atoms with Crippen LogP contribution in [0.3, 0.4) is 0 Å². The van der Waals surface area contributed by atoms with Crippen molar-refractivity contribution >= 4 is 23.1 Å². The number of thiazole rings is 1. The van der Waals surface area contributed by atoms with Crippen LogP contribution < -0.4 is 11.1 Å². The largest absolute Gasteiger partial charge is 0.396 e. The third kappa shape index (κ3) is 3.07. The topological polar surface area (TPSA) is 137 Å². The first-order chi connectivity index (χ1) is 11.4. The Balaban J connectivity index is 1.96. The zero-order valence-corrected chi connectivity index (χ0v) is 14.3. The van der Waals surface area contributed by atoms with Crippen LogP contribution in [0.4, 0.5) is 11.8 Å². The van der Waals surface area contributed by atoms with Gasteiger partial charge in [-0.3, -0.25) is 0 Å². The predicted octanol–water partition coefficient (Wildman–Crippen LogP) is 0.314. The Bertz CT molecular complexity index is 738. The molecule has 0 unspecified atom stereocenters. The van der Waals surface area contributed by atoms with Crippen molar-refractivity contribution in [2.75, 3.05) is 17.7 Å². The molecular weight excluding hydrogens is 330 g/mol. The van der Waals surface area contributed by atoms with Crippen molar-refractivity contribution < 1.29 is 15.3 Å². The molecule has 0 spiro atoms. The van der Waals surface area contributed by atoms with Crippen LogP contribution in [0, 0.1) is 19.8 Å². The van der Waals surface area contributed by atoms with Crippen LogP contribution in [-0.4, -0.2) is 55.1 Å². The summed E-state index contributed by atoms with van der Waals surface area (Å²) in [6.07, 6.45) is 0.232. The van der Waals surface area contributed by atoms with Crippen LogP contribution in [0.15, 0.2) is 6.20 Å². The van der Waals surface area contributed by atoms with Crippen LogP contribution in [-0.2, 0) is 0 Å². The summed E-state index contributed by atoms with van der Waals surface area (Å²) in [6, 6.07) is -0.439. The number of anilines is 2. The minimum absolute atomic E-state index is 0.124. The SMILES string of the molecule is Cc1cnc(-c2c(C)nc(N)nc2N[C@@H]2C[C@H](CO)[C@@H](O)[C@H]2O)s1. The van der Waals surface area contributed by atoms with Gasteiger partial charge in [-0.05, 0) is 20.3 Å². The minimum atomic E-state index is -0.996. The molecule has 0 radical (unpaired) electrons. The van der Waals surface area contributed by atoms with Crippen molar-refractivity contribution in [3.8, 4) is 10.6 Å². The molecule has 0 amide bonds.